The molecule has 14 heavy (non-hydrogen) atoms. The molecule has 0 radical (unpaired) electrons. The van der Waals surface area contributed by atoms with E-state index in [0.717, 1.165) is 17.8 Å². The zero-order valence-corrected chi connectivity index (χ0v) is 9.08. The van der Waals surface area contributed by atoms with E-state index >= 15 is 0 Å². The number of hydrogen-bond donors (Lipinski definition) is 1. The summed E-state index contributed by atoms with van der Waals surface area (Å²) in [5, 5.41) is 3.50. The van der Waals surface area contributed by atoms with Crippen LogP contribution < -0.4 is 5.32 Å². The van der Waals surface area contributed by atoms with E-state index in [4.69, 9.17) is 0 Å². The molecular weight excluding hydrogens is 174 g/mol. The Labute approximate surface area is 86.4 Å². The van der Waals surface area contributed by atoms with E-state index in [1.165, 1.54) is 45.8 Å². The van der Waals surface area contributed by atoms with Crippen molar-refractivity contribution in [2.45, 2.75) is 0 Å². The van der Waals surface area contributed by atoms with Crippen molar-refractivity contribution in [3.8, 4) is 0 Å². The molecule has 0 bridgehead atoms. The molecule has 0 aromatic rings. The number of nitrogens with one attached hydrogen (secondary N) is 1. The zero-order chi connectivity index (χ0) is 9.54. The van der Waals surface area contributed by atoms with Gasteiger partial charge in [-0.25, -0.2) is 0 Å². The quantitative estimate of drug-likeness (QED) is 0.652. The lowest BCUT2D eigenvalue weighted by atomic mass is 10.0. The highest BCUT2D eigenvalue weighted by Crippen LogP contribution is 2.27. The minimum absolute atomic E-state index is 0.965. The second-order valence-electron chi connectivity index (χ2n) is 5.48. The fraction of sp³-hybridized carbons (Fsp3) is 1.00. The van der Waals surface area contributed by atoms with E-state index in [-0.39, 0.29) is 0 Å². The monoisotopic (exact) mass is 195 g/mol. The van der Waals surface area contributed by atoms with Crippen molar-refractivity contribution in [3.05, 3.63) is 0 Å². The lowest BCUT2D eigenvalue weighted by Crippen LogP contribution is -2.49. The molecule has 0 spiro atoms. The Bertz CT molecular complexity index is 201. The number of likely N-dealkylation sites (tertiary alicyclic amines) is 2. The van der Waals surface area contributed by atoms with Crippen molar-refractivity contribution in [2.75, 3.05) is 52.9 Å². The molecule has 2 atom stereocenters. The van der Waals surface area contributed by atoms with Crippen molar-refractivity contribution in [2.24, 2.45) is 17.8 Å². The van der Waals surface area contributed by atoms with E-state index in [2.05, 4.69) is 22.2 Å². The summed E-state index contributed by atoms with van der Waals surface area (Å²) in [6, 6.07) is 0. The summed E-state index contributed by atoms with van der Waals surface area (Å²) in [5.41, 5.74) is 0. The average molecular weight is 195 g/mol. The largest absolute Gasteiger partial charge is 0.316 e. The van der Waals surface area contributed by atoms with Gasteiger partial charge in [0.1, 0.15) is 0 Å². The van der Waals surface area contributed by atoms with Crippen molar-refractivity contribution in [1.82, 2.24) is 15.1 Å². The first-order valence-electron chi connectivity index (χ1n) is 5.93. The molecule has 1 N–H and O–H groups in total. The summed E-state index contributed by atoms with van der Waals surface area (Å²) in [6.45, 7) is 9.26. The van der Waals surface area contributed by atoms with Crippen LogP contribution >= 0.6 is 0 Å². The van der Waals surface area contributed by atoms with Crippen LogP contribution in [0.2, 0.25) is 0 Å². The van der Waals surface area contributed by atoms with Crippen LogP contribution in [0.3, 0.4) is 0 Å². The molecule has 0 saturated carbocycles. The van der Waals surface area contributed by atoms with Gasteiger partial charge in [-0.2, -0.15) is 0 Å². The van der Waals surface area contributed by atoms with Crippen LogP contribution in [-0.2, 0) is 0 Å². The normalized spacial score (nSPS) is 40.1. The molecule has 3 fully saturated rings. The highest BCUT2D eigenvalue weighted by molar-refractivity contribution is 4.92. The van der Waals surface area contributed by atoms with Gasteiger partial charge in [0.05, 0.1) is 0 Å². The fourth-order valence-corrected chi connectivity index (χ4v) is 3.41. The molecule has 3 heterocycles. The highest BCUT2D eigenvalue weighted by atomic mass is 15.2. The molecule has 2 unspecified atom stereocenters. The summed E-state index contributed by atoms with van der Waals surface area (Å²) in [6.07, 6.45) is 0. The van der Waals surface area contributed by atoms with Gasteiger partial charge < -0.3 is 15.1 Å². The first-order chi connectivity index (χ1) is 6.81. The lowest BCUT2D eigenvalue weighted by Gasteiger charge is -2.38. The van der Waals surface area contributed by atoms with Crippen molar-refractivity contribution < 1.29 is 0 Å². The van der Waals surface area contributed by atoms with E-state index in [9.17, 15) is 0 Å². The number of nitrogens with zero attached hydrogens (tertiary/aromatic N) is 2. The van der Waals surface area contributed by atoms with Gasteiger partial charge in [0.2, 0.25) is 0 Å². The Morgan fingerprint density at radius 1 is 1.07 bits per heavy atom. The van der Waals surface area contributed by atoms with Gasteiger partial charge in [0.25, 0.3) is 0 Å². The molecule has 3 saturated heterocycles. The Morgan fingerprint density at radius 3 is 2.29 bits per heavy atom. The van der Waals surface area contributed by atoms with Gasteiger partial charge in [-0.1, -0.05) is 0 Å². The number of fused-ring (bicyclic) bond motifs is 1. The van der Waals surface area contributed by atoms with E-state index < -0.39 is 0 Å². The highest BCUT2D eigenvalue weighted by Gasteiger charge is 2.37. The molecule has 3 nitrogen and oxygen atoms in total. The minimum Gasteiger partial charge on any atom is -0.316 e. The molecule has 0 aromatic carbocycles. The Kier molecular flexibility index (Phi) is 2.26. The molecule has 3 aliphatic rings. The number of hydrogen-bond acceptors (Lipinski definition) is 3. The molecular formula is C11H21N3. The van der Waals surface area contributed by atoms with Gasteiger partial charge >= 0.3 is 0 Å². The van der Waals surface area contributed by atoms with Crippen LogP contribution in [-0.4, -0.2) is 62.7 Å². The number of rotatable bonds is 2. The van der Waals surface area contributed by atoms with Crippen molar-refractivity contribution in [1.29, 1.82) is 0 Å². The van der Waals surface area contributed by atoms with Crippen LogP contribution in [0.1, 0.15) is 0 Å². The summed E-state index contributed by atoms with van der Waals surface area (Å²) in [4.78, 5) is 5.12. The fourth-order valence-electron chi connectivity index (χ4n) is 3.41. The maximum absolute atomic E-state index is 3.50. The van der Waals surface area contributed by atoms with E-state index in [0.29, 0.717) is 0 Å². The molecule has 0 aromatic heterocycles. The van der Waals surface area contributed by atoms with E-state index in [1.807, 2.05) is 0 Å². The van der Waals surface area contributed by atoms with Gasteiger partial charge in [0.15, 0.2) is 0 Å². The van der Waals surface area contributed by atoms with Crippen LogP contribution in [0, 0.1) is 17.8 Å². The van der Waals surface area contributed by atoms with Gasteiger partial charge in [0, 0.05) is 32.7 Å². The maximum Gasteiger partial charge on any atom is 0.00344 e. The Morgan fingerprint density at radius 2 is 1.71 bits per heavy atom. The average Bonchev–Trinajstić information content (AvgIpc) is 2.60. The van der Waals surface area contributed by atoms with Crippen LogP contribution in [0.4, 0.5) is 0 Å². The molecule has 3 heteroatoms. The zero-order valence-electron chi connectivity index (χ0n) is 9.08. The molecule has 0 aliphatic carbocycles. The maximum atomic E-state index is 3.50. The van der Waals surface area contributed by atoms with Crippen LogP contribution in [0.5, 0.6) is 0 Å². The SMILES string of the molecule is CN1CC(CN2CC3CNCC3C2)C1. The van der Waals surface area contributed by atoms with E-state index in [1.54, 1.807) is 0 Å². The smallest absolute Gasteiger partial charge is 0.00344 e. The predicted octanol–water partition coefficient (Wildman–Crippen LogP) is -0.301. The van der Waals surface area contributed by atoms with Gasteiger partial charge in [-0.15, -0.1) is 0 Å². The van der Waals surface area contributed by atoms with Crippen LogP contribution in [0.15, 0.2) is 0 Å². The standard InChI is InChI=1S/C11H21N3/c1-13-4-9(5-13)6-14-7-10-2-12-3-11(10)8-14/h9-12H,2-8H2,1H3. The van der Waals surface area contributed by atoms with Crippen molar-refractivity contribution in [3.63, 3.8) is 0 Å². The molecule has 3 aliphatic heterocycles. The lowest BCUT2D eigenvalue weighted by molar-refractivity contribution is 0.0970. The topological polar surface area (TPSA) is 18.5 Å². The second kappa shape index (κ2) is 3.47. The summed E-state index contributed by atoms with van der Waals surface area (Å²) >= 11 is 0. The Balaban J connectivity index is 1.47. The third-order valence-electron chi connectivity index (χ3n) is 4.12. The molecule has 0 amide bonds. The Hall–Kier alpha value is -0.120. The van der Waals surface area contributed by atoms with Gasteiger partial charge in [-0.3, -0.25) is 0 Å². The van der Waals surface area contributed by atoms with Crippen LogP contribution in [0.25, 0.3) is 0 Å². The molecule has 80 valence electrons. The minimum atomic E-state index is 0.965. The second-order valence-corrected chi connectivity index (χ2v) is 5.48. The summed E-state index contributed by atoms with van der Waals surface area (Å²) in [7, 11) is 2.22. The van der Waals surface area contributed by atoms with Gasteiger partial charge in [-0.05, 0) is 37.9 Å². The molecule has 3 rings (SSSR count). The predicted molar refractivity (Wildman–Crippen MR) is 57.3 cm³/mol. The third-order valence-corrected chi connectivity index (χ3v) is 4.12. The first kappa shape index (κ1) is 9.13. The summed E-state index contributed by atoms with van der Waals surface area (Å²) < 4.78 is 0. The third kappa shape index (κ3) is 1.58. The summed E-state index contributed by atoms with van der Waals surface area (Å²) in [5.74, 6) is 2.90. The first-order valence-corrected chi connectivity index (χ1v) is 5.93. The van der Waals surface area contributed by atoms with Crippen molar-refractivity contribution >= 4 is 0 Å².